The molecule has 1 aromatic carbocycles. The van der Waals surface area contributed by atoms with Crippen LogP contribution in [0.2, 0.25) is 4.34 Å². The minimum absolute atomic E-state index is 0.0986. The predicted molar refractivity (Wildman–Crippen MR) is 76.0 cm³/mol. The summed E-state index contributed by atoms with van der Waals surface area (Å²) in [5, 5.41) is 2.87. The van der Waals surface area contributed by atoms with E-state index in [2.05, 4.69) is 5.32 Å². The van der Waals surface area contributed by atoms with Gasteiger partial charge < -0.3 is 5.32 Å². The Morgan fingerprint density at radius 3 is 2.84 bits per heavy atom. The highest BCUT2D eigenvalue weighted by molar-refractivity contribution is 7.16. The van der Waals surface area contributed by atoms with E-state index in [1.54, 1.807) is 18.2 Å². The summed E-state index contributed by atoms with van der Waals surface area (Å²) in [5.41, 5.74) is 0.661. The Bertz CT molecular complexity index is 584. The number of hydrogen-bond acceptors (Lipinski definition) is 2. The second-order valence-electron chi connectivity index (χ2n) is 4.24. The van der Waals surface area contributed by atoms with Gasteiger partial charge in [-0.2, -0.15) is 0 Å². The van der Waals surface area contributed by atoms with Crippen molar-refractivity contribution in [2.75, 3.05) is 0 Å². The van der Waals surface area contributed by atoms with Crippen LogP contribution in [0.15, 0.2) is 36.4 Å². The molecule has 0 radical (unpaired) electrons. The predicted octanol–water partition coefficient (Wildman–Crippen LogP) is 3.96. The molecule has 0 fully saturated rings. The molecule has 2 rings (SSSR count). The smallest absolute Gasteiger partial charge is 0.224 e. The van der Waals surface area contributed by atoms with Gasteiger partial charge in [-0.15, -0.1) is 11.3 Å². The van der Waals surface area contributed by atoms with E-state index in [1.807, 2.05) is 13.0 Å². The molecule has 5 heteroatoms. The van der Waals surface area contributed by atoms with E-state index in [9.17, 15) is 9.18 Å². The summed E-state index contributed by atoms with van der Waals surface area (Å²) in [6, 6.07) is 9.65. The summed E-state index contributed by atoms with van der Waals surface area (Å²) in [6.45, 7) is 1.89. The molecule has 100 valence electrons. The van der Waals surface area contributed by atoms with E-state index in [1.165, 1.54) is 23.5 Å². The molecular formula is C14H13ClFNOS. The summed E-state index contributed by atoms with van der Waals surface area (Å²) < 4.78 is 13.7. The number of hydrogen-bond donors (Lipinski definition) is 1. The second-order valence-corrected chi connectivity index (χ2v) is 5.98. The van der Waals surface area contributed by atoms with Crippen molar-refractivity contribution in [3.05, 3.63) is 57.0 Å². The maximum Gasteiger partial charge on any atom is 0.224 e. The average molecular weight is 298 g/mol. The molecule has 0 saturated heterocycles. The van der Waals surface area contributed by atoms with Crippen molar-refractivity contribution in [2.45, 2.75) is 19.4 Å². The molecule has 1 aromatic heterocycles. The molecule has 0 aliphatic carbocycles. The highest BCUT2D eigenvalue weighted by Crippen LogP contribution is 2.26. The Morgan fingerprint density at radius 1 is 1.42 bits per heavy atom. The lowest BCUT2D eigenvalue weighted by atomic mass is 10.1. The molecule has 0 bridgehead atoms. The van der Waals surface area contributed by atoms with Crippen molar-refractivity contribution in [1.82, 2.24) is 5.32 Å². The Kier molecular flexibility index (Phi) is 4.56. The fraction of sp³-hybridized carbons (Fsp3) is 0.214. The van der Waals surface area contributed by atoms with Crippen LogP contribution >= 0.6 is 22.9 Å². The minimum atomic E-state index is -0.330. The molecule has 1 atom stereocenters. The SMILES string of the molecule is CC(NC(=O)Cc1cccc(F)c1)c1ccc(Cl)s1. The van der Waals surface area contributed by atoms with Crippen molar-refractivity contribution in [2.24, 2.45) is 0 Å². The van der Waals surface area contributed by atoms with Crippen molar-refractivity contribution in [3.8, 4) is 0 Å². The van der Waals surface area contributed by atoms with Crippen LogP contribution in [0.1, 0.15) is 23.4 Å². The molecule has 0 aliphatic heterocycles. The van der Waals surface area contributed by atoms with Crippen molar-refractivity contribution in [3.63, 3.8) is 0 Å². The summed E-state index contributed by atoms with van der Waals surface area (Å²) in [4.78, 5) is 12.9. The number of carbonyl (C=O) groups excluding carboxylic acids is 1. The second kappa shape index (κ2) is 6.17. The third-order valence-corrected chi connectivity index (χ3v) is 4.07. The van der Waals surface area contributed by atoms with Crippen molar-refractivity contribution >= 4 is 28.8 Å². The molecule has 1 amide bonds. The Balaban J connectivity index is 1.94. The van der Waals surface area contributed by atoms with Gasteiger partial charge in [-0.25, -0.2) is 4.39 Å². The van der Waals surface area contributed by atoms with Gasteiger partial charge in [-0.1, -0.05) is 23.7 Å². The highest BCUT2D eigenvalue weighted by atomic mass is 35.5. The molecule has 1 heterocycles. The van der Waals surface area contributed by atoms with Crippen molar-refractivity contribution < 1.29 is 9.18 Å². The minimum Gasteiger partial charge on any atom is -0.348 e. The summed E-state index contributed by atoms with van der Waals surface area (Å²) in [7, 11) is 0. The monoisotopic (exact) mass is 297 g/mol. The lowest BCUT2D eigenvalue weighted by Gasteiger charge is -2.12. The van der Waals surface area contributed by atoms with Gasteiger partial charge >= 0.3 is 0 Å². The molecule has 19 heavy (non-hydrogen) atoms. The Hall–Kier alpha value is -1.39. The van der Waals surface area contributed by atoms with Crippen LogP contribution in [0.4, 0.5) is 4.39 Å². The fourth-order valence-corrected chi connectivity index (χ4v) is 2.82. The largest absolute Gasteiger partial charge is 0.348 e. The van der Waals surface area contributed by atoms with Crippen LogP contribution in [0.5, 0.6) is 0 Å². The van der Waals surface area contributed by atoms with Crippen LogP contribution in [-0.4, -0.2) is 5.91 Å². The van der Waals surface area contributed by atoms with E-state index in [0.717, 1.165) is 4.88 Å². The van der Waals surface area contributed by atoms with E-state index in [4.69, 9.17) is 11.6 Å². The standard InChI is InChI=1S/C14H13ClFNOS/c1-9(12-5-6-13(15)19-12)17-14(18)8-10-3-2-4-11(16)7-10/h2-7,9H,8H2,1H3,(H,17,18). The molecule has 2 aromatic rings. The van der Waals surface area contributed by atoms with E-state index in [-0.39, 0.29) is 24.2 Å². The zero-order valence-corrected chi connectivity index (χ0v) is 11.9. The number of rotatable bonds is 4. The first-order valence-corrected chi connectivity index (χ1v) is 7.03. The number of halogens is 2. The average Bonchev–Trinajstić information content (AvgIpc) is 2.75. The number of nitrogens with one attached hydrogen (secondary N) is 1. The van der Waals surface area contributed by atoms with Gasteiger partial charge in [-0.3, -0.25) is 4.79 Å². The van der Waals surface area contributed by atoms with E-state index >= 15 is 0 Å². The Labute approximate surface area is 120 Å². The van der Waals surface area contributed by atoms with Gasteiger partial charge in [0.25, 0.3) is 0 Å². The first-order chi connectivity index (χ1) is 9.04. The molecule has 1 N–H and O–H groups in total. The van der Waals surface area contributed by atoms with Gasteiger partial charge in [0.05, 0.1) is 16.8 Å². The maximum absolute atomic E-state index is 13.0. The van der Waals surface area contributed by atoms with Gasteiger partial charge in [0.1, 0.15) is 5.82 Å². The molecule has 0 aliphatic rings. The zero-order chi connectivity index (χ0) is 13.8. The van der Waals surface area contributed by atoms with Crippen LogP contribution in [0, 0.1) is 5.82 Å². The van der Waals surface area contributed by atoms with Crippen LogP contribution < -0.4 is 5.32 Å². The van der Waals surface area contributed by atoms with Gasteiger partial charge in [0, 0.05) is 4.88 Å². The van der Waals surface area contributed by atoms with Gasteiger partial charge in [0.15, 0.2) is 0 Å². The van der Waals surface area contributed by atoms with E-state index < -0.39 is 0 Å². The van der Waals surface area contributed by atoms with Crippen molar-refractivity contribution in [1.29, 1.82) is 0 Å². The molecule has 2 nitrogen and oxygen atoms in total. The van der Waals surface area contributed by atoms with Crippen LogP contribution in [0.3, 0.4) is 0 Å². The number of amides is 1. The number of carbonyl (C=O) groups is 1. The molecule has 0 saturated carbocycles. The first kappa shape index (κ1) is 14.0. The lowest BCUT2D eigenvalue weighted by Crippen LogP contribution is -2.27. The van der Waals surface area contributed by atoms with Gasteiger partial charge in [0.2, 0.25) is 5.91 Å². The number of thiophene rings is 1. The maximum atomic E-state index is 13.0. The summed E-state index contributed by atoms with van der Waals surface area (Å²) in [5.74, 6) is -0.467. The fourth-order valence-electron chi connectivity index (χ4n) is 1.76. The number of benzene rings is 1. The summed E-state index contributed by atoms with van der Waals surface area (Å²) in [6.07, 6.45) is 0.168. The third kappa shape index (κ3) is 4.04. The van der Waals surface area contributed by atoms with Crippen LogP contribution in [0.25, 0.3) is 0 Å². The normalized spacial score (nSPS) is 12.2. The molecule has 0 spiro atoms. The zero-order valence-electron chi connectivity index (χ0n) is 10.3. The molecular weight excluding hydrogens is 285 g/mol. The quantitative estimate of drug-likeness (QED) is 0.909. The topological polar surface area (TPSA) is 29.1 Å². The Morgan fingerprint density at radius 2 is 2.21 bits per heavy atom. The third-order valence-electron chi connectivity index (χ3n) is 2.65. The molecule has 1 unspecified atom stereocenters. The first-order valence-electron chi connectivity index (χ1n) is 5.83. The lowest BCUT2D eigenvalue weighted by molar-refractivity contribution is -0.121. The van der Waals surface area contributed by atoms with Crippen LogP contribution in [-0.2, 0) is 11.2 Å². The van der Waals surface area contributed by atoms with E-state index in [0.29, 0.717) is 9.90 Å². The summed E-state index contributed by atoms with van der Waals surface area (Å²) >= 11 is 7.29. The van der Waals surface area contributed by atoms with Gasteiger partial charge in [-0.05, 0) is 36.8 Å². The highest BCUT2D eigenvalue weighted by Gasteiger charge is 2.12.